The van der Waals surface area contributed by atoms with Gasteiger partial charge in [0.15, 0.2) is 0 Å². The summed E-state index contributed by atoms with van der Waals surface area (Å²) >= 11 is 11.6. The van der Waals surface area contributed by atoms with Crippen LogP contribution in [0.2, 0.25) is 10.0 Å². The summed E-state index contributed by atoms with van der Waals surface area (Å²) in [4.78, 5) is 11.7. The van der Waals surface area contributed by atoms with Crippen LogP contribution in [-0.4, -0.2) is 12.1 Å². The van der Waals surface area contributed by atoms with Crippen molar-refractivity contribution in [3.8, 4) is 0 Å². The average molecular weight is 293 g/mol. The number of rotatable bonds is 3. The van der Waals surface area contributed by atoms with Crippen LogP contribution in [0.3, 0.4) is 0 Å². The molecule has 19 heavy (non-hydrogen) atoms. The molecule has 2 aromatic rings. The third-order valence-corrected chi connectivity index (χ3v) is 2.82. The monoisotopic (exact) mass is 292 g/mol. The lowest BCUT2D eigenvalue weighted by molar-refractivity contribution is 0.0955. The highest BCUT2D eigenvalue weighted by atomic mass is 35.5. The molecule has 0 fully saturated rings. The van der Waals surface area contributed by atoms with Crippen molar-refractivity contribution < 1.29 is 4.79 Å². The van der Waals surface area contributed by atoms with Crippen LogP contribution in [0.25, 0.3) is 0 Å². The van der Waals surface area contributed by atoms with Gasteiger partial charge in [-0.15, -0.1) is 0 Å². The molecule has 0 saturated heterocycles. The molecule has 0 aliphatic carbocycles. The molecule has 2 aromatic carbocycles. The molecule has 0 atom stereocenters. The van der Waals surface area contributed by atoms with Crippen molar-refractivity contribution in [2.75, 3.05) is 0 Å². The Morgan fingerprint density at radius 2 is 1.79 bits per heavy atom. The number of nitrogens with zero attached hydrogens (tertiary/aromatic N) is 1. The molecule has 5 heteroatoms. The van der Waals surface area contributed by atoms with Crippen LogP contribution < -0.4 is 5.43 Å². The summed E-state index contributed by atoms with van der Waals surface area (Å²) in [5, 5.41) is 5.07. The van der Waals surface area contributed by atoms with E-state index in [4.69, 9.17) is 23.2 Å². The molecule has 0 spiro atoms. The molecule has 3 nitrogen and oxygen atoms in total. The highest BCUT2D eigenvalue weighted by Crippen LogP contribution is 2.10. The summed E-state index contributed by atoms with van der Waals surface area (Å²) in [6.45, 7) is 0. The number of carbonyl (C=O) groups excluding carboxylic acids is 1. The third-order valence-electron chi connectivity index (χ3n) is 2.33. The maximum atomic E-state index is 11.7. The van der Waals surface area contributed by atoms with E-state index >= 15 is 0 Å². The second kappa shape index (κ2) is 6.36. The molecule has 1 N–H and O–H groups in total. The number of amides is 1. The highest BCUT2D eigenvalue weighted by Gasteiger charge is 2.02. The number of hydrazone groups is 1. The first-order chi connectivity index (χ1) is 9.15. The quantitative estimate of drug-likeness (QED) is 0.679. The zero-order valence-electron chi connectivity index (χ0n) is 9.81. The second-order valence-electron chi connectivity index (χ2n) is 3.76. The van der Waals surface area contributed by atoms with Crippen molar-refractivity contribution >= 4 is 35.3 Å². The fourth-order valence-electron chi connectivity index (χ4n) is 1.42. The van der Waals surface area contributed by atoms with Gasteiger partial charge in [0, 0.05) is 15.6 Å². The molecule has 0 aromatic heterocycles. The Labute approximate surface area is 120 Å². The highest BCUT2D eigenvalue weighted by molar-refractivity contribution is 6.31. The normalized spacial score (nSPS) is 10.6. The van der Waals surface area contributed by atoms with Gasteiger partial charge < -0.3 is 0 Å². The Kier molecular flexibility index (Phi) is 4.55. The zero-order valence-corrected chi connectivity index (χ0v) is 11.3. The van der Waals surface area contributed by atoms with E-state index in [1.165, 1.54) is 6.21 Å². The van der Waals surface area contributed by atoms with Gasteiger partial charge in [0.1, 0.15) is 0 Å². The number of benzene rings is 2. The molecule has 0 radical (unpaired) electrons. The van der Waals surface area contributed by atoms with E-state index in [0.717, 1.165) is 5.56 Å². The Bertz CT molecular complexity index is 609. The Hall–Kier alpha value is -1.84. The average Bonchev–Trinajstić information content (AvgIpc) is 2.39. The van der Waals surface area contributed by atoms with Gasteiger partial charge in [-0.1, -0.05) is 35.3 Å². The molecule has 96 valence electrons. The van der Waals surface area contributed by atoms with Crippen molar-refractivity contribution in [2.45, 2.75) is 0 Å². The smallest absolute Gasteiger partial charge is 0.267 e. The maximum absolute atomic E-state index is 11.7. The molecule has 2 rings (SSSR count). The lowest BCUT2D eigenvalue weighted by Crippen LogP contribution is -2.17. The molecule has 1 amide bonds. The number of hydrogen-bond donors (Lipinski definition) is 1. The van der Waals surface area contributed by atoms with E-state index in [1.807, 2.05) is 12.1 Å². The van der Waals surface area contributed by atoms with Gasteiger partial charge in [-0.25, -0.2) is 5.43 Å². The predicted octanol–water partition coefficient (Wildman–Crippen LogP) is 3.76. The topological polar surface area (TPSA) is 41.5 Å². The number of halogens is 2. The Morgan fingerprint density at radius 1 is 1.05 bits per heavy atom. The van der Waals surface area contributed by atoms with E-state index in [1.54, 1.807) is 36.4 Å². The zero-order chi connectivity index (χ0) is 13.7. The van der Waals surface area contributed by atoms with Crippen LogP contribution in [0.15, 0.2) is 53.6 Å². The minimum Gasteiger partial charge on any atom is -0.267 e. The lowest BCUT2D eigenvalue weighted by atomic mass is 10.2. The van der Waals surface area contributed by atoms with Gasteiger partial charge >= 0.3 is 0 Å². The van der Waals surface area contributed by atoms with Gasteiger partial charge in [-0.2, -0.15) is 5.10 Å². The van der Waals surface area contributed by atoms with Crippen LogP contribution in [0.5, 0.6) is 0 Å². The standard InChI is InChI=1S/C14H10Cl2N2O/c15-12-6-4-11(5-7-12)14(19)18-17-9-10-2-1-3-13(16)8-10/h1-9H,(H,18,19)/b17-9+. The van der Waals surface area contributed by atoms with Gasteiger partial charge in [0.2, 0.25) is 0 Å². The van der Waals surface area contributed by atoms with Crippen molar-refractivity contribution in [3.63, 3.8) is 0 Å². The van der Waals surface area contributed by atoms with E-state index in [-0.39, 0.29) is 5.91 Å². The molecule has 0 bridgehead atoms. The molecular weight excluding hydrogens is 283 g/mol. The first kappa shape index (κ1) is 13.6. The summed E-state index contributed by atoms with van der Waals surface area (Å²) in [5.41, 5.74) is 3.73. The van der Waals surface area contributed by atoms with Crippen molar-refractivity contribution in [1.29, 1.82) is 0 Å². The van der Waals surface area contributed by atoms with Crippen LogP contribution in [0.1, 0.15) is 15.9 Å². The fraction of sp³-hybridized carbons (Fsp3) is 0. The molecular formula is C14H10Cl2N2O. The Balaban J connectivity index is 1.98. The van der Waals surface area contributed by atoms with Crippen molar-refractivity contribution in [2.24, 2.45) is 5.10 Å². The summed E-state index contributed by atoms with van der Waals surface area (Å²) in [5.74, 6) is -0.296. The number of hydrogen-bond acceptors (Lipinski definition) is 2. The van der Waals surface area contributed by atoms with E-state index in [0.29, 0.717) is 15.6 Å². The lowest BCUT2D eigenvalue weighted by Gasteiger charge is -1.99. The number of nitrogens with one attached hydrogen (secondary N) is 1. The first-order valence-electron chi connectivity index (χ1n) is 5.50. The Morgan fingerprint density at radius 3 is 2.47 bits per heavy atom. The second-order valence-corrected chi connectivity index (χ2v) is 4.63. The number of carbonyl (C=O) groups is 1. The maximum Gasteiger partial charge on any atom is 0.271 e. The first-order valence-corrected chi connectivity index (χ1v) is 6.25. The molecule has 0 aliphatic heterocycles. The summed E-state index contributed by atoms with van der Waals surface area (Å²) in [6.07, 6.45) is 1.53. The van der Waals surface area contributed by atoms with E-state index in [2.05, 4.69) is 10.5 Å². The minimum absolute atomic E-state index is 0.296. The van der Waals surface area contributed by atoms with E-state index in [9.17, 15) is 4.79 Å². The van der Waals surface area contributed by atoms with Crippen LogP contribution in [0.4, 0.5) is 0 Å². The van der Waals surface area contributed by atoms with Crippen LogP contribution in [0, 0.1) is 0 Å². The predicted molar refractivity (Wildman–Crippen MR) is 78.0 cm³/mol. The molecule has 0 saturated carbocycles. The summed E-state index contributed by atoms with van der Waals surface area (Å²) in [6, 6.07) is 13.7. The fourth-order valence-corrected chi connectivity index (χ4v) is 1.74. The molecule has 0 aliphatic rings. The van der Waals surface area contributed by atoms with Gasteiger partial charge in [0.25, 0.3) is 5.91 Å². The van der Waals surface area contributed by atoms with Crippen LogP contribution >= 0.6 is 23.2 Å². The largest absolute Gasteiger partial charge is 0.271 e. The van der Waals surface area contributed by atoms with Gasteiger partial charge in [-0.3, -0.25) is 4.79 Å². The molecule has 0 heterocycles. The summed E-state index contributed by atoms with van der Waals surface area (Å²) < 4.78 is 0. The minimum atomic E-state index is -0.296. The molecule has 0 unspecified atom stereocenters. The summed E-state index contributed by atoms with van der Waals surface area (Å²) in [7, 11) is 0. The van der Waals surface area contributed by atoms with Crippen molar-refractivity contribution in [3.05, 3.63) is 69.7 Å². The van der Waals surface area contributed by atoms with Gasteiger partial charge in [0.05, 0.1) is 6.21 Å². The third kappa shape index (κ3) is 4.09. The van der Waals surface area contributed by atoms with Gasteiger partial charge in [-0.05, 0) is 42.0 Å². The van der Waals surface area contributed by atoms with E-state index < -0.39 is 0 Å². The van der Waals surface area contributed by atoms with Crippen molar-refractivity contribution in [1.82, 2.24) is 5.43 Å². The van der Waals surface area contributed by atoms with Crippen LogP contribution in [-0.2, 0) is 0 Å². The SMILES string of the molecule is O=C(N/N=C/c1cccc(Cl)c1)c1ccc(Cl)cc1.